The van der Waals surface area contributed by atoms with Gasteiger partial charge in [0.05, 0.1) is 0 Å². The van der Waals surface area contributed by atoms with Crippen LogP contribution in [0.25, 0.3) is 0 Å². The second-order valence-electron chi connectivity index (χ2n) is 9.93. The van der Waals surface area contributed by atoms with Crippen molar-refractivity contribution < 1.29 is 0 Å². The zero-order chi connectivity index (χ0) is 20.6. The Hall–Kier alpha value is -0.780. The van der Waals surface area contributed by atoms with Gasteiger partial charge in [-0.15, -0.1) is 0 Å². The Labute approximate surface area is 183 Å². The van der Waals surface area contributed by atoms with E-state index in [2.05, 4.69) is 38.1 Å². The van der Waals surface area contributed by atoms with E-state index >= 15 is 0 Å². The van der Waals surface area contributed by atoms with E-state index in [1.807, 2.05) is 0 Å². The zero-order valence-corrected chi connectivity index (χ0v) is 20.0. The molecule has 1 aromatic carbocycles. The highest BCUT2D eigenvalue weighted by molar-refractivity contribution is 5.30. The quantitative estimate of drug-likeness (QED) is 0.243. The molecule has 1 saturated carbocycles. The van der Waals surface area contributed by atoms with Crippen LogP contribution in [-0.4, -0.2) is 0 Å². The first-order chi connectivity index (χ1) is 14.3. The average Bonchev–Trinajstić information content (AvgIpc) is 2.76. The van der Waals surface area contributed by atoms with Crippen LogP contribution in [0.1, 0.15) is 147 Å². The molecule has 0 aromatic heterocycles. The predicted octanol–water partition coefficient (Wildman–Crippen LogP) is 9.93. The van der Waals surface area contributed by atoms with Crippen LogP contribution < -0.4 is 0 Å². The molecule has 0 radical (unpaired) electrons. The SMILES string of the molecule is CCCCCCCCCc1ccc(C2(CCCCCCCC)CCCCC2)cc1. The lowest BCUT2D eigenvalue weighted by Gasteiger charge is -2.38. The molecule has 166 valence electrons. The van der Waals surface area contributed by atoms with Crippen LogP contribution in [-0.2, 0) is 11.8 Å². The molecule has 0 spiro atoms. The van der Waals surface area contributed by atoms with E-state index in [0.29, 0.717) is 5.41 Å². The van der Waals surface area contributed by atoms with E-state index in [0.717, 1.165) is 0 Å². The van der Waals surface area contributed by atoms with E-state index in [1.165, 1.54) is 128 Å². The van der Waals surface area contributed by atoms with Gasteiger partial charge in [-0.2, -0.15) is 0 Å². The van der Waals surface area contributed by atoms with Gasteiger partial charge in [-0.05, 0) is 48.6 Å². The van der Waals surface area contributed by atoms with Crippen LogP contribution in [0.4, 0.5) is 0 Å². The molecule has 1 fully saturated rings. The first kappa shape index (κ1) is 24.5. The van der Waals surface area contributed by atoms with Crippen LogP contribution in [0.2, 0.25) is 0 Å². The van der Waals surface area contributed by atoms with Gasteiger partial charge in [0.15, 0.2) is 0 Å². The standard InChI is InChI=1S/C29H50/c1-3-5-7-9-11-12-15-19-27-20-22-28(23-21-27)29(25-17-14-18-26-29)24-16-13-10-8-6-4-2/h20-23H,3-19,24-26H2,1-2H3. The highest BCUT2D eigenvalue weighted by Gasteiger charge is 2.33. The topological polar surface area (TPSA) is 0 Å². The van der Waals surface area contributed by atoms with Gasteiger partial charge < -0.3 is 0 Å². The molecule has 0 bridgehead atoms. The third-order valence-corrected chi connectivity index (χ3v) is 7.45. The lowest BCUT2D eigenvalue weighted by atomic mass is 9.66. The highest BCUT2D eigenvalue weighted by atomic mass is 14.4. The summed E-state index contributed by atoms with van der Waals surface area (Å²) in [6.07, 6.45) is 28.3. The third kappa shape index (κ3) is 9.27. The fraction of sp³-hybridized carbons (Fsp3) is 0.793. The van der Waals surface area contributed by atoms with E-state index in [9.17, 15) is 0 Å². The van der Waals surface area contributed by atoms with Crippen molar-refractivity contribution in [3.8, 4) is 0 Å². The summed E-state index contributed by atoms with van der Waals surface area (Å²) >= 11 is 0. The van der Waals surface area contributed by atoms with Gasteiger partial charge in [0, 0.05) is 0 Å². The number of benzene rings is 1. The summed E-state index contributed by atoms with van der Waals surface area (Å²) in [5.74, 6) is 0. The van der Waals surface area contributed by atoms with Gasteiger partial charge in [0.2, 0.25) is 0 Å². The van der Waals surface area contributed by atoms with Crippen molar-refractivity contribution in [2.24, 2.45) is 0 Å². The van der Waals surface area contributed by atoms with Crippen LogP contribution in [0.3, 0.4) is 0 Å². The van der Waals surface area contributed by atoms with Crippen molar-refractivity contribution in [1.82, 2.24) is 0 Å². The lowest BCUT2D eigenvalue weighted by Crippen LogP contribution is -2.29. The Bertz CT molecular complexity index is 491. The summed E-state index contributed by atoms with van der Waals surface area (Å²) in [5, 5.41) is 0. The van der Waals surface area contributed by atoms with Gasteiger partial charge in [0.1, 0.15) is 0 Å². The van der Waals surface area contributed by atoms with Gasteiger partial charge in [0.25, 0.3) is 0 Å². The largest absolute Gasteiger partial charge is 0.0654 e. The van der Waals surface area contributed by atoms with Crippen molar-refractivity contribution >= 4 is 0 Å². The predicted molar refractivity (Wildman–Crippen MR) is 131 cm³/mol. The first-order valence-electron chi connectivity index (χ1n) is 13.4. The smallest absolute Gasteiger partial charge is 0.00470 e. The van der Waals surface area contributed by atoms with E-state index in [-0.39, 0.29) is 0 Å². The summed E-state index contributed by atoms with van der Waals surface area (Å²) in [6, 6.07) is 9.95. The van der Waals surface area contributed by atoms with E-state index in [1.54, 1.807) is 11.1 Å². The summed E-state index contributed by atoms with van der Waals surface area (Å²) in [6.45, 7) is 4.61. The average molecular weight is 399 g/mol. The molecule has 29 heavy (non-hydrogen) atoms. The molecule has 1 aromatic rings. The van der Waals surface area contributed by atoms with Crippen LogP contribution >= 0.6 is 0 Å². The summed E-state index contributed by atoms with van der Waals surface area (Å²) in [4.78, 5) is 0. The van der Waals surface area contributed by atoms with Crippen LogP contribution in [0.15, 0.2) is 24.3 Å². The molecule has 0 atom stereocenters. The Morgan fingerprint density at radius 2 is 1.10 bits per heavy atom. The Kier molecular flexibility index (Phi) is 12.7. The van der Waals surface area contributed by atoms with Gasteiger partial charge in [-0.3, -0.25) is 0 Å². The second-order valence-corrected chi connectivity index (χ2v) is 9.93. The molecule has 0 aliphatic heterocycles. The number of hydrogen-bond acceptors (Lipinski definition) is 0. The van der Waals surface area contributed by atoms with Gasteiger partial charge in [-0.1, -0.05) is 134 Å². The molecule has 1 aliphatic rings. The molecule has 0 saturated heterocycles. The molecule has 0 heterocycles. The maximum atomic E-state index is 2.51. The number of hydrogen-bond donors (Lipinski definition) is 0. The van der Waals surface area contributed by atoms with E-state index in [4.69, 9.17) is 0 Å². The monoisotopic (exact) mass is 398 g/mol. The summed E-state index contributed by atoms with van der Waals surface area (Å²) in [7, 11) is 0. The van der Waals surface area contributed by atoms with Crippen molar-refractivity contribution in [2.45, 2.75) is 148 Å². The zero-order valence-electron chi connectivity index (χ0n) is 20.0. The Balaban J connectivity index is 1.78. The molecule has 0 unspecified atom stereocenters. The summed E-state index contributed by atoms with van der Waals surface area (Å²) < 4.78 is 0. The molecule has 0 heteroatoms. The molecular formula is C29H50. The molecule has 0 amide bonds. The van der Waals surface area contributed by atoms with Gasteiger partial charge in [-0.25, -0.2) is 0 Å². The van der Waals surface area contributed by atoms with Crippen LogP contribution in [0.5, 0.6) is 0 Å². The highest BCUT2D eigenvalue weighted by Crippen LogP contribution is 2.43. The minimum Gasteiger partial charge on any atom is -0.0654 e. The van der Waals surface area contributed by atoms with Crippen molar-refractivity contribution in [3.63, 3.8) is 0 Å². The van der Waals surface area contributed by atoms with Gasteiger partial charge >= 0.3 is 0 Å². The van der Waals surface area contributed by atoms with Crippen molar-refractivity contribution in [1.29, 1.82) is 0 Å². The number of rotatable bonds is 16. The minimum atomic E-state index is 0.501. The number of unbranched alkanes of at least 4 members (excludes halogenated alkanes) is 11. The fourth-order valence-corrected chi connectivity index (χ4v) is 5.47. The maximum absolute atomic E-state index is 2.51. The third-order valence-electron chi connectivity index (χ3n) is 7.45. The normalized spacial score (nSPS) is 16.2. The van der Waals surface area contributed by atoms with Crippen molar-refractivity contribution in [3.05, 3.63) is 35.4 Å². The fourth-order valence-electron chi connectivity index (χ4n) is 5.47. The second kappa shape index (κ2) is 15.1. The van der Waals surface area contributed by atoms with Crippen molar-refractivity contribution in [2.75, 3.05) is 0 Å². The molecular weight excluding hydrogens is 348 g/mol. The van der Waals surface area contributed by atoms with E-state index < -0.39 is 0 Å². The Morgan fingerprint density at radius 1 is 0.586 bits per heavy atom. The van der Waals surface area contributed by atoms with Crippen LogP contribution in [0, 0.1) is 0 Å². The maximum Gasteiger partial charge on any atom is -0.00470 e. The Morgan fingerprint density at radius 3 is 1.69 bits per heavy atom. The molecule has 2 rings (SSSR count). The molecule has 1 aliphatic carbocycles. The lowest BCUT2D eigenvalue weighted by molar-refractivity contribution is 0.265. The molecule has 0 nitrogen and oxygen atoms in total. The summed E-state index contributed by atoms with van der Waals surface area (Å²) in [5.41, 5.74) is 3.72. The molecule has 0 N–H and O–H groups in total. The number of aryl methyl sites for hydroxylation is 1. The first-order valence-corrected chi connectivity index (χ1v) is 13.4. The minimum absolute atomic E-state index is 0.501.